The van der Waals surface area contributed by atoms with Gasteiger partial charge in [-0.25, -0.2) is 0 Å². The van der Waals surface area contributed by atoms with Crippen LogP contribution >= 0.6 is 0 Å². The zero-order valence-corrected chi connectivity index (χ0v) is 11.1. The summed E-state index contributed by atoms with van der Waals surface area (Å²) >= 11 is 0. The van der Waals surface area contributed by atoms with Crippen LogP contribution in [0.15, 0.2) is 48.8 Å². The van der Waals surface area contributed by atoms with Gasteiger partial charge in [-0.2, -0.15) is 0 Å². The van der Waals surface area contributed by atoms with Crippen molar-refractivity contribution in [2.45, 2.75) is 37.6 Å². The Balaban J connectivity index is 1.78. The number of nitrogens with zero attached hydrogens (tertiary/aromatic N) is 1. The van der Waals surface area contributed by atoms with Crippen LogP contribution in [0.1, 0.15) is 47.9 Å². The topological polar surface area (TPSA) is 38.9 Å². The number of pyridine rings is 1. The zero-order chi connectivity index (χ0) is 13.1. The summed E-state index contributed by atoms with van der Waals surface area (Å²) in [6.45, 7) is 0. The van der Waals surface area contributed by atoms with Crippen LogP contribution in [0.3, 0.4) is 0 Å². The number of aromatic nitrogens is 1. The second-order valence-electron chi connectivity index (χ2n) is 5.42. The average molecular weight is 252 g/mol. The molecule has 1 heterocycles. The summed E-state index contributed by atoms with van der Waals surface area (Å²) in [5.41, 5.74) is 10.5. The molecular weight excluding hydrogens is 232 g/mol. The highest BCUT2D eigenvalue weighted by Crippen LogP contribution is 2.36. The highest BCUT2D eigenvalue weighted by molar-refractivity contribution is 5.33. The molecule has 1 aromatic heterocycles. The fraction of sp³-hybridized carbons (Fsp3) is 0.353. The van der Waals surface area contributed by atoms with Crippen LogP contribution < -0.4 is 5.73 Å². The summed E-state index contributed by atoms with van der Waals surface area (Å²) in [6, 6.07) is 12.9. The van der Waals surface area contributed by atoms with Gasteiger partial charge in [-0.1, -0.05) is 30.3 Å². The van der Waals surface area contributed by atoms with Crippen LogP contribution in [-0.2, 0) is 6.42 Å². The Hall–Kier alpha value is -1.67. The van der Waals surface area contributed by atoms with E-state index in [0.29, 0.717) is 5.92 Å². The first kappa shape index (κ1) is 12.4. The first-order chi connectivity index (χ1) is 9.34. The molecular formula is C17H20N2. The molecule has 0 saturated carbocycles. The first-order valence-corrected chi connectivity index (χ1v) is 7.08. The lowest BCUT2D eigenvalue weighted by Crippen LogP contribution is -2.18. The molecule has 2 nitrogen and oxygen atoms in total. The second kappa shape index (κ2) is 5.54. The van der Waals surface area contributed by atoms with Crippen molar-refractivity contribution in [1.29, 1.82) is 0 Å². The van der Waals surface area contributed by atoms with E-state index >= 15 is 0 Å². The normalized spacial score (nSPS) is 19.7. The van der Waals surface area contributed by atoms with Gasteiger partial charge in [0.2, 0.25) is 0 Å². The molecule has 0 saturated heterocycles. The Kier molecular flexibility index (Phi) is 3.60. The van der Waals surface area contributed by atoms with E-state index in [0.717, 1.165) is 12.0 Å². The maximum absolute atomic E-state index is 6.34. The fourth-order valence-corrected chi connectivity index (χ4v) is 3.14. The third-order valence-corrected chi connectivity index (χ3v) is 4.14. The Morgan fingerprint density at radius 3 is 2.95 bits per heavy atom. The van der Waals surface area contributed by atoms with Crippen molar-refractivity contribution in [3.05, 3.63) is 65.5 Å². The van der Waals surface area contributed by atoms with Gasteiger partial charge in [-0.05, 0) is 54.4 Å². The third-order valence-electron chi connectivity index (χ3n) is 4.14. The fourth-order valence-electron chi connectivity index (χ4n) is 3.14. The molecule has 1 aliphatic rings. The molecule has 2 atom stereocenters. The number of nitrogens with two attached hydrogens (primary N) is 1. The van der Waals surface area contributed by atoms with Gasteiger partial charge >= 0.3 is 0 Å². The van der Waals surface area contributed by atoms with E-state index in [1.54, 1.807) is 6.20 Å². The van der Waals surface area contributed by atoms with E-state index in [1.807, 2.05) is 12.3 Å². The Labute approximate surface area is 114 Å². The summed E-state index contributed by atoms with van der Waals surface area (Å²) < 4.78 is 0. The molecule has 0 amide bonds. The Bertz CT molecular complexity index is 536. The second-order valence-corrected chi connectivity index (χ2v) is 5.42. The summed E-state index contributed by atoms with van der Waals surface area (Å²) in [5, 5.41) is 0. The van der Waals surface area contributed by atoms with Crippen molar-refractivity contribution in [1.82, 2.24) is 4.98 Å². The predicted molar refractivity (Wildman–Crippen MR) is 77.9 cm³/mol. The summed E-state index contributed by atoms with van der Waals surface area (Å²) in [4.78, 5) is 4.16. The van der Waals surface area contributed by atoms with Crippen LogP contribution in [-0.4, -0.2) is 4.98 Å². The molecule has 2 N–H and O–H groups in total. The highest BCUT2D eigenvalue weighted by Gasteiger charge is 2.22. The number of hydrogen-bond donors (Lipinski definition) is 1. The molecule has 2 aromatic rings. The van der Waals surface area contributed by atoms with Gasteiger partial charge in [-0.3, -0.25) is 4.98 Å². The number of rotatable bonds is 3. The van der Waals surface area contributed by atoms with Gasteiger partial charge in [0.25, 0.3) is 0 Å². The maximum Gasteiger partial charge on any atom is 0.0316 e. The molecule has 0 radical (unpaired) electrons. The summed E-state index contributed by atoms with van der Waals surface area (Å²) in [6.07, 6.45) is 8.45. The molecule has 0 spiro atoms. The lowest BCUT2D eigenvalue weighted by molar-refractivity contribution is 0.476. The van der Waals surface area contributed by atoms with Crippen molar-refractivity contribution < 1.29 is 0 Å². The van der Waals surface area contributed by atoms with Crippen LogP contribution in [0.4, 0.5) is 0 Å². The maximum atomic E-state index is 6.34. The monoisotopic (exact) mass is 252 g/mol. The predicted octanol–water partition coefficient (Wildman–Crippen LogP) is 3.59. The lowest BCUT2D eigenvalue weighted by atomic mass is 9.79. The van der Waals surface area contributed by atoms with E-state index in [1.165, 1.54) is 30.4 Å². The van der Waals surface area contributed by atoms with Crippen molar-refractivity contribution in [3.8, 4) is 0 Å². The van der Waals surface area contributed by atoms with Gasteiger partial charge in [0, 0.05) is 18.4 Å². The van der Waals surface area contributed by atoms with Crippen LogP contribution in [0.25, 0.3) is 0 Å². The molecule has 1 aromatic carbocycles. The number of fused-ring (bicyclic) bond motifs is 1. The molecule has 2 unspecified atom stereocenters. The largest absolute Gasteiger partial charge is 0.324 e. The van der Waals surface area contributed by atoms with Gasteiger partial charge < -0.3 is 5.73 Å². The standard InChI is InChI=1S/C17H20N2/c18-17(15-8-4-10-19-12-15)11-14-7-3-6-13-5-1-2-9-16(13)14/h1-2,4-5,8-10,12,14,17H,3,6-7,11,18H2. The summed E-state index contributed by atoms with van der Waals surface area (Å²) in [7, 11) is 0. The smallest absolute Gasteiger partial charge is 0.0316 e. The van der Waals surface area contributed by atoms with E-state index in [9.17, 15) is 0 Å². The van der Waals surface area contributed by atoms with Crippen molar-refractivity contribution in [2.75, 3.05) is 0 Å². The quantitative estimate of drug-likeness (QED) is 0.906. The minimum absolute atomic E-state index is 0.0878. The van der Waals surface area contributed by atoms with Crippen molar-refractivity contribution in [2.24, 2.45) is 5.73 Å². The molecule has 0 bridgehead atoms. The molecule has 19 heavy (non-hydrogen) atoms. The van der Waals surface area contributed by atoms with Gasteiger partial charge in [0.15, 0.2) is 0 Å². The SMILES string of the molecule is NC(CC1CCCc2ccccc21)c1cccnc1. The zero-order valence-electron chi connectivity index (χ0n) is 11.1. The lowest BCUT2D eigenvalue weighted by Gasteiger charge is -2.27. The number of hydrogen-bond acceptors (Lipinski definition) is 2. The van der Waals surface area contributed by atoms with Crippen LogP contribution in [0.2, 0.25) is 0 Å². The molecule has 98 valence electrons. The molecule has 0 fully saturated rings. The average Bonchev–Trinajstić information content (AvgIpc) is 2.48. The molecule has 2 heteroatoms. The van der Waals surface area contributed by atoms with Crippen LogP contribution in [0.5, 0.6) is 0 Å². The highest BCUT2D eigenvalue weighted by atomic mass is 14.7. The van der Waals surface area contributed by atoms with Crippen molar-refractivity contribution >= 4 is 0 Å². The van der Waals surface area contributed by atoms with Gasteiger partial charge in [-0.15, -0.1) is 0 Å². The first-order valence-electron chi connectivity index (χ1n) is 7.08. The van der Waals surface area contributed by atoms with E-state index in [-0.39, 0.29) is 6.04 Å². The van der Waals surface area contributed by atoms with Gasteiger partial charge in [0.05, 0.1) is 0 Å². The molecule has 0 aliphatic heterocycles. The minimum atomic E-state index is 0.0878. The Morgan fingerprint density at radius 2 is 2.11 bits per heavy atom. The van der Waals surface area contributed by atoms with Crippen molar-refractivity contribution in [3.63, 3.8) is 0 Å². The van der Waals surface area contributed by atoms with E-state index in [2.05, 4.69) is 35.3 Å². The van der Waals surface area contributed by atoms with E-state index < -0.39 is 0 Å². The molecule has 1 aliphatic carbocycles. The van der Waals surface area contributed by atoms with Crippen LogP contribution in [0, 0.1) is 0 Å². The Morgan fingerprint density at radius 1 is 1.21 bits per heavy atom. The molecule has 3 rings (SSSR count). The number of aryl methyl sites for hydroxylation is 1. The van der Waals surface area contributed by atoms with Gasteiger partial charge in [0.1, 0.15) is 0 Å². The third kappa shape index (κ3) is 2.69. The van der Waals surface area contributed by atoms with E-state index in [4.69, 9.17) is 5.73 Å². The summed E-state index contributed by atoms with van der Waals surface area (Å²) in [5.74, 6) is 0.597. The minimum Gasteiger partial charge on any atom is -0.324 e. The number of benzene rings is 1.